The van der Waals surface area contributed by atoms with Gasteiger partial charge in [0, 0.05) is 39.1 Å². The number of carbonyl (C=O) groups excluding carboxylic acids is 1. The Bertz CT molecular complexity index is 520. The van der Waals surface area contributed by atoms with E-state index in [0.29, 0.717) is 32.5 Å². The van der Waals surface area contributed by atoms with E-state index in [-0.39, 0.29) is 6.03 Å². The lowest BCUT2D eigenvalue weighted by atomic mass is 9.84. The van der Waals surface area contributed by atoms with Crippen LogP contribution in [0.25, 0.3) is 0 Å². The first-order valence-corrected chi connectivity index (χ1v) is 7.11. The molecular formula is C15H21N3O3. The quantitative estimate of drug-likeness (QED) is 0.918. The van der Waals surface area contributed by atoms with E-state index >= 15 is 0 Å². The van der Waals surface area contributed by atoms with Crippen LogP contribution < -0.4 is 0 Å². The zero-order valence-electron chi connectivity index (χ0n) is 12.5. The molecule has 1 aromatic heterocycles. The largest absolute Gasteiger partial charge is 0.481 e. The second-order valence-electron chi connectivity index (χ2n) is 5.60. The maximum atomic E-state index is 12.4. The Morgan fingerprint density at radius 3 is 2.62 bits per heavy atom. The molecule has 114 valence electrons. The summed E-state index contributed by atoms with van der Waals surface area (Å²) >= 11 is 0. The molecule has 2 heterocycles. The molecule has 0 saturated carbocycles. The Hall–Kier alpha value is -2.11. The zero-order valence-corrected chi connectivity index (χ0v) is 12.5. The van der Waals surface area contributed by atoms with Crippen LogP contribution in [-0.4, -0.2) is 52.0 Å². The maximum absolute atomic E-state index is 12.4. The van der Waals surface area contributed by atoms with Gasteiger partial charge in [0.25, 0.3) is 0 Å². The minimum Gasteiger partial charge on any atom is -0.481 e. The van der Waals surface area contributed by atoms with Gasteiger partial charge in [0.05, 0.1) is 5.41 Å². The molecular weight excluding hydrogens is 270 g/mol. The summed E-state index contributed by atoms with van der Waals surface area (Å²) in [6.45, 7) is 3.14. The van der Waals surface area contributed by atoms with Gasteiger partial charge in [-0.15, -0.1) is 0 Å². The van der Waals surface area contributed by atoms with Crippen LogP contribution in [0.2, 0.25) is 0 Å². The third-order valence-corrected chi connectivity index (χ3v) is 4.25. The van der Waals surface area contributed by atoms with Crippen molar-refractivity contribution < 1.29 is 14.7 Å². The van der Waals surface area contributed by atoms with Crippen molar-refractivity contribution in [2.45, 2.75) is 26.3 Å². The van der Waals surface area contributed by atoms with Crippen LogP contribution in [0, 0.1) is 5.41 Å². The summed E-state index contributed by atoms with van der Waals surface area (Å²) in [6, 6.07) is 3.60. The summed E-state index contributed by atoms with van der Waals surface area (Å²) < 4.78 is 0. The van der Waals surface area contributed by atoms with Crippen molar-refractivity contribution in [1.82, 2.24) is 14.8 Å². The Morgan fingerprint density at radius 2 is 2.10 bits per heavy atom. The highest BCUT2D eigenvalue weighted by Gasteiger charge is 2.45. The number of aliphatic carboxylic acids is 1. The molecule has 21 heavy (non-hydrogen) atoms. The fourth-order valence-corrected chi connectivity index (χ4v) is 2.72. The van der Waals surface area contributed by atoms with E-state index in [1.165, 1.54) is 0 Å². The number of pyridine rings is 1. The second-order valence-corrected chi connectivity index (χ2v) is 5.60. The molecule has 2 rings (SSSR count). The summed E-state index contributed by atoms with van der Waals surface area (Å²) in [5.74, 6) is -0.808. The number of carbonyl (C=O) groups is 2. The summed E-state index contributed by atoms with van der Waals surface area (Å²) in [7, 11) is 1.73. The van der Waals surface area contributed by atoms with Crippen LogP contribution in [0.1, 0.15) is 25.3 Å². The average Bonchev–Trinajstić information content (AvgIpc) is 2.93. The standard InChI is InChI=1S/C15H21N3O3/c1-3-15(13(19)20)6-9-18(11-15)14(21)17(2)10-12-4-7-16-8-5-12/h4-5,7-8H,3,6,9-11H2,1-2H3,(H,19,20). The predicted octanol–water partition coefficient (Wildman–Crippen LogP) is 1.82. The molecule has 0 spiro atoms. The van der Waals surface area contributed by atoms with Crippen LogP contribution in [0.5, 0.6) is 0 Å². The van der Waals surface area contributed by atoms with Crippen molar-refractivity contribution in [2.24, 2.45) is 5.41 Å². The Kier molecular flexibility index (Phi) is 4.45. The van der Waals surface area contributed by atoms with Crippen molar-refractivity contribution in [3.8, 4) is 0 Å². The highest BCUT2D eigenvalue weighted by atomic mass is 16.4. The van der Waals surface area contributed by atoms with E-state index in [4.69, 9.17) is 0 Å². The summed E-state index contributed by atoms with van der Waals surface area (Å²) in [4.78, 5) is 31.0. The summed E-state index contributed by atoms with van der Waals surface area (Å²) in [6.07, 6.45) is 4.44. The number of carboxylic acid groups (broad SMARTS) is 1. The maximum Gasteiger partial charge on any atom is 0.320 e. The predicted molar refractivity (Wildman–Crippen MR) is 77.6 cm³/mol. The molecule has 1 N–H and O–H groups in total. The van der Waals surface area contributed by atoms with Crippen LogP contribution in [-0.2, 0) is 11.3 Å². The Morgan fingerprint density at radius 1 is 1.43 bits per heavy atom. The van der Waals surface area contributed by atoms with E-state index in [1.54, 1.807) is 29.2 Å². The molecule has 1 atom stereocenters. The molecule has 1 unspecified atom stereocenters. The smallest absolute Gasteiger partial charge is 0.320 e. The van der Waals surface area contributed by atoms with E-state index < -0.39 is 11.4 Å². The van der Waals surface area contributed by atoms with Crippen LogP contribution in [0.3, 0.4) is 0 Å². The van der Waals surface area contributed by atoms with Crippen molar-refractivity contribution in [3.63, 3.8) is 0 Å². The lowest BCUT2D eigenvalue weighted by molar-refractivity contribution is -0.148. The van der Waals surface area contributed by atoms with Gasteiger partial charge in [-0.05, 0) is 30.5 Å². The highest BCUT2D eigenvalue weighted by Crippen LogP contribution is 2.34. The van der Waals surface area contributed by atoms with Crippen molar-refractivity contribution in [3.05, 3.63) is 30.1 Å². The third-order valence-electron chi connectivity index (χ3n) is 4.25. The number of carboxylic acids is 1. The lowest BCUT2D eigenvalue weighted by Crippen LogP contribution is -2.42. The monoisotopic (exact) mass is 291 g/mol. The van der Waals surface area contributed by atoms with E-state index in [1.807, 2.05) is 19.1 Å². The van der Waals surface area contributed by atoms with E-state index in [2.05, 4.69) is 4.98 Å². The first-order valence-electron chi connectivity index (χ1n) is 7.11. The van der Waals surface area contributed by atoms with E-state index in [9.17, 15) is 14.7 Å². The molecule has 1 aliphatic heterocycles. The van der Waals surface area contributed by atoms with Gasteiger partial charge in [-0.3, -0.25) is 9.78 Å². The van der Waals surface area contributed by atoms with Crippen LogP contribution in [0.15, 0.2) is 24.5 Å². The van der Waals surface area contributed by atoms with Crippen molar-refractivity contribution >= 4 is 12.0 Å². The van der Waals surface area contributed by atoms with E-state index in [0.717, 1.165) is 5.56 Å². The van der Waals surface area contributed by atoms with Gasteiger partial charge >= 0.3 is 12.0 Å². The normalized spacial score (nSPS) is 21.3. The highest BCUT2D eigenvalue weighted by molar-refractivity contribution is 5.79. The third kappa shape index (κ3) is 3.15. The minimum absolute atomic E-state index is 0.122. The number of urea groups is 1. The van der Waals surface area contributed by atoms with Gasteiger partial charge in [-0.25, -0.2) is 4.79 Å². The fourth-order valence-electron chi connectivity index (χ4n) is 2.72. The molecule has 1 saturated heterocycles. The van der Waals surface area contributed by atoms with Crippen LogP contribution >= 0.6 is 0 Å². The van der Waals surface area contributed by atoms with Crippen molar-refractivity contribution in [2.75, 3.05) is 20.1 Å². The molecule has 0 aromatic carbocycles. The van der Waals surface area contributed by atoms with Gasteiger partial charge in [-0.2, -0.15) is 0 Å². The van der Waals surface area contributed by atoms with Gasteiger partial charge in [0.1, 0.15) is 0 Å². The number of rotatable bonds is 4. The van der Waals surface area contributed by atoms with Gasteiger partial charge in [-0.1, -0.05) is 6.92 Å². The number of hydrogen-bond donors (Lipinski definition) is 1. The average molecular weight is 291 g/mol. The molecule has 1 fully saturated rings. The lowest BCUT2D eigenvalue weighted by Gasteiger charge is -2.27. The second kappa shape index (κ2) is 6.11. The number of amides is 2. The topological polar surface area (TPSA) is 73.7 Å². The molecule has 6 nitrogen and oxygen atoms in total. The van der Waals surface area contributed by atoms with Crippen molar-refractivity contribution in [1.29, 1.82) is 0 Å². The minimum atomic E-state index is -0.808. The first kappa shape index (κ1) is 15.3. The first-order chi connectivity index (χ1) is 9.98. The number of likely N-dealkylation sites (tertiary alicyclic amines) is 1. The number of hydrogen-bond acceptors (Lipinski definition) is 3. The Labute approximate surface area is 124 Å². The van der Waals surface area contributed by atoms with Gasteiger partial charge in [0.2, 0.25) is 0 Å². The molecule has 0 radical (unpaired) electrons. The molecule has 6 heteroatoms. The molecule has 0 aliphatic carbocycles. The molecule has 0 bridgehead atoms. The Balaban J connectivity index is 1.99. The zero-order chi connectivity index (χ0) is 15.5. The molecule has 1 aliphatic rings. The summed E-state index contributed by atoms with van der Waals surface area (Å²) in [5.41, 5.74) is 0.215. The summed E-state index contributed by atoms with van der Waals surface area (Å²) in [5, 5.41) is 9.38. The van der Waals surface area contributed by atoms with Gasteiger partial charge < -0.3 is 14.9 Å². The van der Waals surface area contributed by atoms with Crippen LogP contribution in [0.4, 0.5) is 4.79 Å². The molecule has 2 amide bonds. The number of aromatic nitrogens is 1. The number of nitrogens with zero attached hydrogens (tertiary/aromatic N) is 3. The SMILES string of the molecule is CCC1(C(=O)O)CCN(C(=O)N(C)Cc2ccncc2)C1. The van der Waals surface area contributed by atoms with Gasteiger partial charge in [0.15, 0.2) is 0 Å². The fraction of sp³-hybridized carbons (Fsp3) is 0.533. The molecule has 1 aromatic rings.